The Morgan fingerprint density at radius 2 is 1.14 bits per heavy atom. The first-order valence-electron chi connectivity index (χ1n) is 3.45. The second-order valence-corrected chi connectivity index (χ2v) is 2.03. The molecular weight excluding hydrogens is 192 g/mol. The molecule has 1 aromatic rings. The lowest BCUT2D eigenvalue weighted by molar-refractivity contribution is -0.389. The van der Waals surface area contributed by atoms with Crippen LogP contribution in [0.4, 0.5) is 11.4 Å². The number of aliphatic hydroxyl groups excluding tert-OH is 1. The van der Waals surface area contributed by atoms with Gasteiger partial charge in [0, 0.05) is 31.4 Å². The summed E-state index contributed by atoms with van der Waals surface area (Å²) in [5.41, 5.74) is -0.304. The lowest BCUT2D eigenvalue weighted by Gasteiger charge is -1.90. The molecule has 1 aromatic carbocycles. The second kappa shape index (κ2) is 5.60. The highest BCUT2D eigenvalue weighted by Crippen LogP contribution is 2.16. The van der Waals surface area contributed by atoms with Gasteiger partial charge in [0.05, 0.1) is 9.85 Å². The lowest BCUT2D eigenvalue weighted by Crippen LogP contribution is -1.90. The van der Waals surface area contributed by atoms with Crippen LogP contribution in [0.15, 0.2) is 24.3 Å². The molecule has 0 atom stereocenters. The zero-order valence-electron chi connectivity index (χ0n) is 7.28. The molecule has 0 amide bonds. The Bertz CT molecular complexity index is 288. The zero-order valence-corrected chi connectivity index (χ0v) is 7.28. The predicted octanol–water partition coefficient (Wildman–Crippen LogP) is 1.11. The van der Waals surface area contributed by atoms with Gasteiger partial charge >= 0.3 is 0 Å². The van der Waals surface area contributed by atoms with E-state index in [1.165, 1.54) is 0 Å². The number of nitro groups is 2. The van der Waals surface area contributed by atoms with Crippen molar-refractivity contribution in [3.8, 4) is 0 Å². The van der Waals surface area contributed by atoms with E-state index in [9.17, 15) is 20.2 Å². The summed E-state index contributed by atoms with van der Waals surface area (Å²) >= 11 is 0. The highest BCUT2D eigenvalue weighted by molar-refractivity contribution is 5.39. The van der Waals surface area contributed by atoms with Gasteiger partial charge in [-0.1, -0.05) is 0 Å². The number of hydrogen-bond donors (Lipinski definition) is 1. The predicted molar refractivity (Wildman–Crippen MR) is 47.9 cm³/mol. The van der Waals surface area contributed by atoms with Crippen molar-refractivity contribution in [3.63, 3.8) is 0 Å². The summed E-state index contributed by atoms with van der Waals surface area (Å²) in [6.45, 7) is 0. The Labute approximate surface area is 78.9 Å². The molecule has 0 radical (unpaired) electrons. The van der Waals surface area contributed by atoms with E-state index in [1.54, 1.807) is 0 Å². The van der Waals surface area contributed by atoms with E-state index >= 15 is 0 Å². The topological polar surface area (TPSA) is 107 Å². The monoisotopic (exact) mass is 200 g/mol. The van der Waals surface area contributed by atoms with E-state index in [1.807, 2.05) is 0 Å². The van der Waals surface area contributed by atoms with Gasteiger partial charge in [-0.3, -0.25) is 20.2 Å². The van der Waals surface area contributed by atoms with E-state index in [2.05, 4.69) is 0 Å². The molecule has 7 nitrogen and oxygen atoms in total. The summed E-state index contributed by atoms with van der Waals surface area (Å²) < 4.78 is 0. The van der Waals surface area contributed by atoms with E-state index in [0.717, 1.165) is 31.4 Å². The van der Waals surface area contributed by atoms with Crippen molar-refractivity contribution >= 4 is 11.4 Å². The third-order valence-electron chi connectivity index (χ3n) is 1.27. The quantitative estimate of drug-likeness (QED) is 0.568. The van der Waals surface area contributed by atoms with Gasteiger partial charge in [-0.15, -0.1) is 0 Å². The van der Waals surface area contributed by atoms with Crippen LogP contribution in [-0.2, 0) is 0 Å². The number of benzene rings is 1. The molecule has 0 fully saturated rings. The second-order valence-electron chi connectivity index (χ2n) is 2.03. The van der Waals surface area contributed by atoms with Crippen LogP contribution in [0.3, 0.4) is 0 Å². The Morgan fingerprint density at radius 1 is 0.929 bits per heavy atom. The average molecular weight is 200 g/mol. The van der Waals surface area contributed by atoms with Crippen LogP contribution in [0.5, 0.6) is 0 Å². The molecule has 14 heavy (non-hydrogen) atoms. The number of nitrogens with zero attached hydrogens (tertiary/aromatic N) is 2. The third-order valence-corrected chi connectivity index (χ3v) is 1.27. The number of rotatable bonds is 2. The van der Waals surface area contributed by atoms with Crippen molar-refractivity contribution in [2.75, 3.05) is 7.11 Å². The van der Waals surface area contributed by atoms with Crippen LogP contribution >= 0.6 is 0 Å². The van der Waals surface area contributed by atoms with Crippen molar-refractivity contribution in [2.24, 2.45) is 0 Å². The largest absolute Gasteiger partial charge is 0.400 e. The minimum Gasteiger partial charge on any atom is -0.400 e. The first-order chi connectivity index (χ1) is 6.61. The number of aliphatic hydroxyl groups is 1. The van der Waals surface area contributed by atoms with Gasteiger partial charge in [-0.25, -0.2) is 0 Å². The lowest BCUT2D eigenvalue weighted by atomic mass is 10.3. The van der Waals surface area contributed by atoms with Crippen molar-refractivity contribution < 1.29 is 15.0 Å². The van der Waals surface area contributed by atoms with Crippen molar-refractivity contribution in [2.45, 2.75) is 0 Å². The summed E-state index contributed by atoms with van der Waals surface area (Å²) in [5.74, 6) is 0. The smallest absolute Gasteiger partial charge is 0.269 e. The molecule has 0 aliphatic rings. The highest BCUT2D eigenvalue weighted by atomic mass is 16.6. The van der Waals surface area contributed by atoms with Crippen LogP contribution in [-0.4, -0.2) is 22.1 Å². The highest BCUT2D eigenvalue weighted by Gasteiger charge is 2.08. The van der Waals surface area contributed by atoms with Crippen molar-refractivity contribution in [3.05, 3.63) is 44.5 Å². The molecule has 0 unspecified atom stereocenters. The molecule has 7 heteroatoms. The molecule has 1 rings (SSSR count). The first kappa shape index (κ1) is 12.0. The maximum absolute atomic E-state index is 10.1. The van der Waals surface area contributed by atoms with Crippen LogP contribution in [0.25, 0.3) is 0 Å². The summed E-state index contributed by atoms with van der Waals surface area (Å²) in [6.07, 6.45) is 0. The molecule has 0 aliphatic heterocycles. The summed E-state index contributed by atoms with van der Waals surface area (Å²) in [4.78, 5) is 19.0. The Balaban J connectivity index is 0.000000791. The number of non-ortho nitro benzene ring substituents is 2. The van der Waals surface area contributed by atoms with Gasteiger partial charge in [0.25, 0.3) is 11.4 Å². The minimum absolute atomic E-state index is 0.152. The third kappa shape index (κ3) is 3.15. The summed E-state index contributed by atoms with van der Waals surface area (Å²) in [7, 11) is 1.00. The van der Waals surface area contributed by atoms with E-state index in [0.29, 0.717) is 0 Å². The van der Waals surface area contributed by atoms with Crippen molar-refractivity contribution in [1.82, 2.24) is 0 Å². The molecule has 0 saturated carbocycles. The average Bonchev–Trinajstić information content (AvgIpc) is 2.21. The molecule has 0 bridgehead atoms. The molecule has 0 heterocycles. The van der Waals surface area contributed by atoms with Gasteiger partial charge < -0.3 is 5.11 Å². The van der Waals surface area contributed by atoms with Crippen LogP contribution < -0.4 is 0 Å². The molecule has 0 spiro atoms. The molecule has 1 N–H and O–H groups in total. The maximum atomic E-state index is 10.1. The van der Waals surface area contributed by atoms with E-state index < -0.39 is 9.85 Å². The Morgan fingerprint density at radius 3 is 1.29 bits per heavy atom. The van der Waals surface area contributed by atoms with Crippen LogP contribution in [0.1, 0.15) is 0 Å². The fraction of sp³-hybridized carbons (Fsp3) is 0.143. The van der Waals surface area contributed by atoms with E-state index in [-0.39, 0.29) is 11.4 Å². The zero-order chi connectivity index (χ0) is 11.1. The van der Waals surface area contributed by atoms with Gasteiger partial charge in [-0.05, 0) is 0 Å². The van der Waals surface area contributed by atoms with Crippen LogP contribution in [0.2, 0.25) is 0 Å². The van der Waals surface area contributed by atoms with Crippen LogP contribution in [0, 0.1) is 20.2 Å². The maximum Gasteiger partial charge on any atom is 0.269 e. The van der Waals surface area contributed by atoms with Gasteiger partial charge in [-0.2, -0.15) is 0 Å². The Kier molecular flexibility index (Phi) is 4.79. The van der Waals surface area contributed by atoms with E-state index in [4.69, 9.17) is 5.11 Å². The van der Waals surface area contributed by atoms with Gasteiger partial charge in [0.15, 0.2) is 0 Å². The Hall–Kier alpha value is -2.02. The number of nitro benzene ring substituents is 2. The van der Waals surface area contributed by atoms with Gasteiger partial charge in [0.2, 0.25) is 0 Å². The van der Waals surface area contributed by atoms with Gasteiger partial charge in [0.1, 0.15) is 0 Å². The number of hydrogen-bond acceptors (Lipinski definition) is 5. The summed E-state index contributed by atoms with van der Waals surface area (Å²) in [6, 6.07) is 4.38. The minimum atomic E-state index is -0.607. The molecule has 0 aromatic heterocycles. The SMILES string of the molecule is CO.O=[N+]([O-])c1ccc([N+](=O)[O-])cc1. The molecule has 76 valence electrons. The molecule has 0 aliphatic carbocycles. The summed E-state index contributed by atoms with van der Waals surface area (Å²) in [5, 5.41) is 27.2. The molecule has 0 saturated heterocycles. The molecular formula is C7H8N2O5. The standard InChI is InChI=1S/C6H4N2O4.CH4O/c9-7(10)5-1-2-6(4-3-5)8(11)12;1-2/h1-4H;2H,1H3. The fourth-order valence-corrected chi connectivity index (χ4v) is 0.696. The fourth-order valence-electron chi connectivity index (χ4n) is 0.696. The first-order valence-corrected chi connectivity index (χ1v) is 3.45. The van der Waals surface area contributed by atoms with Crippen molar-refractivity contribution in [1.29, 1.82) is 0 Å². The normalized spacial score (nSPS) is 8.43.